The largest absolute Gasteiger partial charge is 0.331 e. The van der Waals surface area contributed by atoms with E-state index in [2.05, 4.69) is 0 Å². The molecule has 0 saturated carbocycles. The third-order valence-electron chi connectivity index (χ3n) is 3.75. The molecule has 7 heteroatoms. The summed E-state index contributed by atoms with van der Waals surface area (Å²) in [6, 6.07) is 8.20. The second kappa shape index (κ2) is 6.26. The molecule has 1 aromatic rings. The number of carbonyl (C=O) groups is 1. The zero-order chi connectivity index (χ0) is 16.5. The van der Waals surface area contributed by atoms with E-state index in [9.17, 15) is 13.2 Å². The van der Waals surface area contributed by atoms with E-state index in [1.807, 2.05) is 13.8 Å². The van der Waals surface area contributed by atoms with Gasteiger partial charge in [-0.1, -0.05) is 32.0 Å². The highest BCUT2D eigenvalue weighted by atomic mass is 32.2. The summed E-state index contributed by atoms with van der Waals surface area (Å²) in [4.78, 5) is 15.7. The van der Waals surface area contributed by atoms with Gasteiger partial charge in [0.05, 0.1) is 4.90 Å². The number of rotatable bonds is 3. The maximum Gasteiger partial charge on any atom is 0.320 e. The third-order valence-corrected chi connectivity index (χ3v) is 5.63. The number of carbonyl (C=O) groups excluding carboxylic acids is 1. The maximum atomic E-state index is 12.9. The van der Waals surface area contributed by atoms with Crippen LogP contribution in [-0.4, -0.2) is 61.9 Å². The summed E-state index contributed by atoms with van der Waals surface area (Å²) >= 11 is 0. The highest BCUT2D eigenvalue weighted by molar-refractivity contribution is 7.89. The Kier molecular flexibility index (Phi) is 4.77. The first kappa shape index (κ1) is 16.8. The fourth-order valence-corrected chi connectivity index (χ4v) is 4.51. The molecule has 0 unspecified atom stereocenters. The SMILES string of the molecule is CC(C)[C@@H]1N(C(=O)N(C)C)CCN1S(=O)(=O)c1ccccc1. The molecule has 0 N–H and O–H groups in total. The third kappa shape index (κ3) is 2.96. The van der Waals surface area contributed by atoms with Crippen molar-refractivity contribution in [1.82, 2.24) is 14.1 Å². The topological polar surface area (TPSA) is 60.9 Å². The van der Waals surface area contributed by atoms with E-state index in [1.165, 1.54) is 9.21 Å². The van der Waals surface area contributed by atoms with Gasteiger partial charge in [-0.05, 0) is 18.1 Å². The van der Waals surface area contributed by atoms with Crippen LogP contribution in [-0.2, 0) is 10.0 Å². The summed E-state index contributed by atoms with van der Waals surface area (Å²) in [5.74, 6) is 0.00453. The molecule has 1 aliphatic rings. The van der Waals surface area contributed by atoms with Gasteiger partial charge in [-0.15, -0.1) is 0 Å². The van der Waals surface area contributed by atoms with Crippen molar-refractivity contribution in [1.29, 1.82) is 0 Å². The van der Waals surface area contributed by atoms with Crippen molar-refractivity contribution in [2.45, 2.75) is 24.9 Å². The number of nitrogens with zero attached hydrogens (tertiary/aromatic N) is 3. The van der Waals surface area contributed by atoms with Gasteiger partial charge in [-0.3, -0.25) is 0 Å². The Balaban J connectivity index is 2.37. The lowest BCUT2D eigenvalue weighted by molar-refractivity contribution is 0.129. The van der Waals surface area contributed by atoms with Gasteiger partial charge in [0.25, 0.3) is 0 Å². The Labute approximate surface area is 132 Å². The quantitative estimate of drug-likeness (QED) is 0.849. The van der Waals surface area contributed by atoms with Crippen molar-refractivity contribution >= 4 is 16.1 Å². The zero-order valence-electron chi connectivity index (χ0n) is 13.4. The minimum Gasteiger partial charge on any atom is -0.331 e. The first-order valence-electron chi connectivity index (χ1n) is 7.31. The fraction of sp³-hybridized carbons (Fsp3) is 0.533. The summed E-state index contributed by atoms with van der Waals surface area (Å²) in [6.07, 6.45) is -0.458. The minimum absolute atomic E-state index is 0.00453. The van der Waals surface area contributed by atoms with Gasteiger partial charge in [-0.25, -0.2) is 13.2 Å². The van der Waals surface area contributed by atoms with E-state index >= 15 is 0 Å². The lowest BCUT2D eigenvalue weighted by Crippen LogP contribution is -2.50. The molecule has 0 spiro atoms. The van der Waals surface area contributed by atoms with Crippen LogP contribution in [0.15, 0.2) is 35.2 Å². The molecule has 2 rings (SSSR count). The molecule has 6 nitrogen and oxygen atoms in total. The molecule has 0 bridgehead atoms. The van der Waals surface area contributed by atoms with Crippen LogP contribution in [0.25, 0.3) is 0 Å². The summed E-state index contributed by atoms with van der Waals surface area (Å²) in [5, 5.41) is 0. The highest BCUT2D eigenvalue weighted by Gasteiger charge is 2.44. The lowest BCUT2D eigenvalue weighted by Gasteiger charge is -2.33. The molecular weight excluding hydrogens is 302 g/mol. The lowest BCUT2D eigenvalue weighted by atomic mass is 10.1. The standard InChI is InChI=1S/C15H23N3O3S/c1-12(2)14-17(15(19)16(3)4)10-11-18(14)22(20,21)13-8-6-5-7-9-13/h5-9,12,14H,10-11H2,1-4H3/t14-/m1/s1. The molecule has 1 aliphatic heterocycles. The van der Waals surface area contributed by atoms with Gasteiger partial charge in [0, 0.05) is 27.2 Å². The van der Waals surface area contributed by atoms with E-state index in [0.29, 0.717) is 13.1 Å². The van der Waals surface area contributed by atoms with Crippen LogP contribution in [0.1, 0.15) is 13.8 Å². The molecule has 0 radical (unpaired) electrons. The van der Waals surface area contributed by atoms with Gasteiger partial charge in [0.15, 0.2) is 0 Å². The molecule has 0 aliphatic carbocycles. The smallest absolute Gasteiger partial charge is 0.320 e. The van der Waals surface area contributed by atoms with Crippen LogP contribution in [0.2, 0.25) is 0 Å². The van der Waals surface area contributed by atoms with Crippen molar-refractivity contribution in [2.75, 3.05) is 27.2 Å². The van der Waals surface area contributed by atoms with Gasteiger partial charge >= 0.3 is 6.03 Å². The molecule has 1 saturated heterocycles. The first-order chi connectivity index (χ1) is 10.3. The Hall–Kier alpha value is -1.60. The van der Waals surface area contributed by atoms with Crippen molar-refractivity contribution in [3.63, 3.8) is 0 Å². The molecule has 2 amide bonds. The first-order valence-corrected chi connectivity index (χ1v) is 8.75. The van der Waals surface area contributed by atoms with E-state index in [4.69, 9.17) is 0 Å². The summed E-state index contributed by atoms with van der Waals surface area (Å²) in [5.41, 5.74) is 0. The molecule has 122 valence electrons. The van der Waals surface area contributed by atoms with Gasteiger partial charge < -0.3 is 9.80 Å². The average molecular weight is 325 g/mol. The van der Waals surface area contributed by atoms with Gasteiger partial charge in [-0.2, -0.15) is 4.31 Å². The minimum atomic E-state index is -3.60. The van der Waals surface area contributed by atoms with Crippen molar-refractivity contribution < 1.29 is 13.2 Å². The fourth-order valence-electron chi connectivity index (χ4n) is 2.77. The van der Waals surface area contributed by atoms with Crippen LogP contribution in [0.3, 0.4) is 0 Å². The maximum absolute atomic E-state index is 12.9. The molecule has 1 atom stereocenters. The molecule has 1 aromatic carbocycles. The summed E-state index contributed by atoms with van der Waals surface area (Å²) < 4.78 is 27.2. The number of benzene rings is 1. The highest BCUT2D eigenvalue weighted by Crippen LogP contribution is 2.29. The average Bonchev–Trinajstić information content (AvgIpc) is 2.92. The molecule has 1 fully saturated rings. The molecule has 0 aromatic heterocycles. The monoisotopic (exact) mass is 325 g/mol. The summed E-state index contributed by atoms with van der Waals surface area (Å²) in [7, 11) is -0.255. The van der Waals surface area contributed by atoms with Crippen molar-refractivity contribution in [2.24, 2.45) is 5.92 Å². The summed E-state index contributed by atoms with van der Waals surface area (Å²) in [6.45, 7) is 4.59. The molecule has 22 heavy (non-hydrogen) atoms. The number of amides is 2. The van der Waals surface area contributed by atoms with E-state index in [0.717, 1.165) is 0 Å². The predicted octanol–water partition coefficient (Wildman–Crippen LogP) is 1.66. The molecular formula is C15H23N3O3S. The van der Waals surface area contributed by atoms with Gasteiger partial charge in [0.1, 0.15) is 6.17 Å². The van der Waals surface area contributed by atoms with Crippen LogP contribution in [0.4, 0.5) is 4.79 Å². The zero-order valence-corrected chi connectivity index (χ0v) is 14.2. The second-order valence-electron chi connectivity index (χ2n) is 5.96. The molecule has 1 heterocycles. The Morgan fingerprint density at radius 2 is 1.77 bits per heavy atom. The van der Waals surface area contributed by atoms with Gasteiger partial charge in [0.2, 0.25) is 10.0 Å². The predicted molar refractivity (Wildman–Crippen MR) is 84.7 cm³/mol. The normalized spacial score (nSPS) is 19.7. The van der Waals surface area contributed by atoms with E-state index in [-0.39, 0.29) is 16.8 Å². The van der Waals surface area contributed by atoms with Crippen LogP contribution in [0, 0.1) is 5.92 Å². The Morgan fingerprint density at radius 1 is 1.18 bits per heavy atom. The number of hydrogen-bond donors (Lipinski definition) is 0. The van der Waals surface area contributed by atoms with Crippen LogP contribution in [0.5, 0.6) is 0 Å². The van der Waals surface area contributed by atoms with Crippen LogP contribution >= 0.6 is 0 Å². The number of sulfonamides is 1. The Morgan fingerprint density at radius 3 is 2.27 bits per heavy atom. The van der Waals surface area contributed by atoms with Crippen molar-refractivity contribution in [3.05, 3.63) is 30.3 Å². The van der Waals surface area contributed by atoms with E-state index in [1.54, 1.807) is 49.3 Å². The second-order valence-corrected chi connectivity index (χ2v) is 7.85. The number of urea groups is 1. The van der Waals surface area contributed by atoms with Crippen LogP contribution < -0.4 is 0 Å². The van der Waals surface area contributed by atoms with E-state index < -0.39 is 16.2 Å². The Bertz CT molecular complexity index is 629. The van der Waals surface area contributed by atoms with Crippen molar-refractivity contribution in [3.8, 4) is 0 Å². The number of hydrogen-bond acceptors (Lipinski definition) is 3.